The van der Waals surface area contributed by atoms with Gasteiger partial charge in [0.1, 0.15) is 22.8 Å². The molecule has 4 rings (SSSR count). The Morgan fingerprint density at radius 3 is 2.73 bits per heavy atom. The van der Waals surface area contributed by atoms with E-state index in [1.165, 1.54) is 6.20 Å². The van der Waals surface area contributed by atoms with E-state index in [9.17, 15) is 14.0 Å². The minimum atomic E-state index is -0.579. The average Bonchev–Trinajstić information content (AvgIpc) is 3.51. The predicted molar refractivity (Wildman–Crippen MR) is 149 cm³/mol. The Bertz CT molecular complexity index is 1370. The van der Waals surface area contributed by atoms with Crippen molar-refractivity contribution in [2.75, 3.05) is 18.1 Å². The second-order valence-corrected chi connectivity index (χ2v) is 11.1. The molecule has 0 saturated carbocycles. The van der Waals surface area contributed by atoms with Crippen LogP contribution in [0.1, 0.15) is 94.2 Å². The van der Waals surface area contributed by atoms with Crippen molar-refractivity contribution in [3.05, 3.63) is 52.9 Å². The molecule has 0 aromatic carbocycles. The zero-order valence-corrected chi connectivity index (χ0v) is 24.2. The van der Waals surface area contributed by atoms with E-state index in [0.717, 1.165) is 30.6 Å². The van der Waals surface area contributed by atoms with Crippen LogP contribution in [0, 0.1) is 5.82 Å². The maximum absolute atomic E-state index is 14.5. The molecule has 4 heterocycles. The van der Waals surface area contributed by atoms with E-state index >= 15 is 0 Å². The van der Waals surface area contributed by atoms with Gasteiger partial charge < -0.3 is 19.7 Å². The van der Waals surface area contributed by atoms with Crippen LogP contribution in [0.4, 0.5) is 15.0 Å². The summed E-state index contributed by atoms with van der Waals surface area (Å²) in [6.45, 7) is 12.0. The molecule has 3 aromatic heterocycles. The van der Waals surface area contributed by atoms with Crippen LogP contribution in [0.2, 0.25) is 0 Å². The maximum Gasteiger partial charge on any atom is 0.407 e. The third kappa shape index (κ3) is 6.68. The Balaban J connectivity index is 1.58. The lowest BCUT2D eigenvalue weighted by Gasteiger charge is -2.28. The largest absolute Gasteiger partial charge is 0.462 e. The highest BCUT2D eigenvalue weighted by Gasteiger charge is 2.31. The van der Waals surface area contributed by atoms with Gasteiger partial charge in [0.25, 0.3) is 0 Å². The number of carbonyl (C=O) groups is 2. The maximum atomic E-state index is 14.5. The topological polar surface area (TPSA) is 111 Å². The average molecular weight is 555 g/mol. The summed E-state index contributed by atoms with van der Waals surface area (Å²) in [4.78, 5) is 36.3. The molecule has 1 amide bonds. The fourth-order valence-corrected chi connectivity index (χ4v) is 5.06. The first-order chi connectivity index (χ1) is 19.0. The third-order valence-electron chi connectivity index (χ3n) is 6.81. The monoisotopic (exact) mass is 554 g/mol. The molecule has 0 unspecified atom stereocenters. The van der Waals surface area contributed by atoms with Crippen molar-refractivity contribution >= 4 is 23.5 Å². The number of hydrogen-bond donors (Lipinski definition) is 1. The summed E-state index contributed by atoms with van der Waals surface area (Å²) < 4.78 is 26.7. The van der Waals surface area contributed by atoms with Crippen molar-refractivity contribution in [3.8, 4) is 0 Å². The van der Waals surface area contributed by atoms with Crippen LogP contribution in [0.3, 0.4) is 0 Å². The second-order valence-electron chi connectivity index (χ2n) is 11.1. The molecule has 1 saturated heterocycles. The van der Waals surface area contributed by atoms with E-state index in [0.29, 0.717) is 42.0 Å². The number of halogens is 1. The molecule has 0 radical (unpaired) electrons. The minimum absolute atomic E-state index is 0.137. The Kier molecular flexibility index (Phi) is 8.90. The van der Waals surface area contributed by atoms with Crippen molar-refractivity contribution < 1.29 is 23.5 Å². The highest BCUT2D eigenvalue weighted by Crippen LogP contribution is 2.37. The summed E-state index contributed by atoms with van der Waals surface area (Å²) in [7, 11) is 0. The van der Waals surface area contributed by atoms with Gasteiger partial charge in [0.05, 0.1) is 24.5 Å². The van der Waals surface area contributed by atoms with Gasteiger partial charge in [0, 0.05) is 24.5 Å². The van der Waals surface area contributed by atoms with Gasteiger partial charge >= 0.3 is 12.1 Å². The number of amides is 1. The molecule has 1 fully saturated rings. The Labute approximate surface area is 234 Å². The van der Waals surface area contributed by atoms with Crippen molar-refractivity contribution in [1.29, 1.82) is 0 Å². The SMILES string of the molecule is CCOC(=O)c1c(CC)nn2ccc(N3CCC[C@@H]3c3cc(F)cnc3CC[C@@H](C)NC(=O)OC(C)(C)C)nc12. The fraction of sp³-hybridized carbons (Fsp3) is 0.552. The number of rotatable bonds is 9. The molecule has 216 valence electrons. The smallest absolute Gasteiger partial charge is 0.407 e. The fourth-order valence-electron chi connectivity index (χ4n) is 5.06. The van der Waals surface area contributed by atoms with Gasteiger partial charge in [0.2, 0.25) is 0 Å². The molecule has 10 nitrogen and oxygen atoms in total. The number of pyridine rings is 1. The number of carbonyl (C=O) groups excluding carboxylic acids is 2. The van der Waals surface area contributed by atoms with Crippen molar-refractivity contribution in [2.45, 2.75) is 91.3 Å². The summed E-state index contributed by atoms with van der Waals surface area (Å²) in [5.41, 5.74) is 2.45. The zero-order chi connectivity index (χ0) is 29.0. The number of aryl methyl sites for hydroxylation is 2. The standard InChI is InChI=1S/C29H39FN6O4/c1-7-21-25(27(37)39-8-2)26-33-24(13-15-36(26)34-21)35-14-9-10-23(35)20-16-19(30)17-31-22(20)12-11-18(3)32-28(38)40-29(4,5)6/h13,15-18,23H,7-12,14H2,1-6H3,(H,32,38)/t18-,23-/m1/s1. The summed E-state index contributed by atoms with van der Waals surface area (Å²) in [6, 6.07) is 3.12. The van der Waals surface area contributed by atoms with Gasteiger partial charge in [-0.1, -0.05) is 6.92 Å². The molecule has 1 aliphatic heterocycles. The van der Waals surface area contributed by atoms with E-state index < -0.39 is 23.5 Å². The number of nitrogens with one attached hydrogen (secondary N) is 1. The molecule has 2 atom stereocenters. The summed E-state index contributed by atoms with van der Waals surface area (Å²) in [6.07, 6.45) is 6.00. The molecule has 0 spiro atoms. The van der Waals surface area contributed by atoms with Crippen molar-refractivity contribution in [3.63, 3.8) is 0 Å². The predicted octanol–water partition coefficient (Wildman–Crippen LogP) is 5.19. The number of hydrogen-bond acceptors (Lipinski definition) is 8. The lowest BCUT2D eigenvalue weighted by molar-refractivity contribution is 0.0501. The normalized spacial score (nSPS) is 16.3. The molecule has 0 aliphatic carbocycles. The van der Waals surface area contributed by atoms with Crippen LogP contribution in [0.15, 0.2) is 24.5 Å². The van der Waals surface area contributed by atoms with Gasteiger partial charge in [-0.3, -0.25) is 4.98 Å². The van der Waals surface area contributed by atoms with Crippen LogP contribution in [-0.2, 0) is 22.3 Å². The van der Waals surface area contributed by atoms with Crippen molar-refractivity contribution in [1.82, 2.24) is 24.9 Å². The summed E-state index contributed by atoms with van der Waals surface area (Å²) in [5.74, 6) is -0.164. The Hall–Kier alpha value is -3.76. The van der Waals surface area contributed by atoms with E-state index in [1.807, 2.05) is 40.7 Å². The first kappa shape index (κ1) is 29.2. The molecule has 3 aromatic rings. The molecule has 1 aliphatic rings. The first-order valence-corrected chi connectivity index (χ1v) is 14.0. The van der Waals surface area contributed by atoms with Crippen LogP contribution >= 0.6 is 0 Å². The van der Waals surface area contributed by atoms with Crippen LogP contribution < -0.4 is 10.2 Å². The molecular weight excluding hydrogens is 515 g/mol. The van der Waals surface area contributed by atoms with E-state index in [1.54, 1.807) is 23.7 Å². The lowest BCUT2D eigenvalue weighted by atomic mass is 9.98. The summed E-state index contributed by atoms with van der Waals surface area (Å²) >= 11 is 0. The lowest BCUT2D eigenvalue weighted by Crippen LogP contribution is -2.38. The van der Waals surface area contributed by atoms with E-state index in [4.69, 9.17) is 14.5 Å². The van der Waals surface area contributed by atoms with Gasteiger partial charge in [-0.25, -0.2) is 23.5 Å². The summed E-state index contributed by atoms with van der Waals surface area (Å²) in [5, 5.41) is 7.38. The number of esters is 1. The quantitative estimate of drug-likeness (QED) is 0.360. The molecule has 0 bridgehead atoms. The van der Waals surface area contributed by atoms with E-state index in [2.05, 4.69) is 20.3 Å². The number of anilines is 1. The van der Waals surface area contributed by atoms with Crippen LogP contribution in [0.5, 0.6) is 0 Å². The number of alkyl carbamates (subject to hydrolysis) is 1. The number of ether oxygens (including phenoxy) is 2. The van der Waals surface area contributed by atoms with E-state index in [-0.39, 0.29) is 18.7 Å². The number of aromatic nitrogens is 4. The number of nitrogens with zero attached hydrogens (tertiary/aromatic N) is 5. The second kappa shape index (κ2) is 12.2. The number of fused-ring (bicyclic) bond motifs is 1. The molecule has 1 N–H and O–H groups in total. The Morgan fingerprint density at radius 2 is 2.02 bits per heavy atom. The van der Waals surface area contributed by atoms with Gasteiger partial charge in [-0.05, 0) is 84.4 Å². The highest BCUT2D eigenvalue weighted by atomic mass is 19.1. The molecule has 11 heteroatoms. The van der Waals surface area contributed by atoms with Gasteiger partial charge in [-0.15, -0.1) is 0 Å². The van der Waals surface area contributed by atoms with Crippen molar-refractivity contribution in [2.24, 2.45) is 0 Å². The third-order valence-corrected chi connectivity index (χ3v) is 6.81. The first-order valence-electron chi connectivity index (χ1n) is 14.0. The van der Waals surface area contributed by atoms with Crippen LogP contribution in [-0.4, -0.2) is 56.4 Å². The highest BCUT2D eigenvalue weighted by molar-refractivity contribution is 5.97. The Morgan fingerprint density at radius 1 is 1.25 bits per heavy atom. The van der Waals surface area contributed by atoms with Gasteiger partial charge in [-0.2, -0.15) is 5.10 Å². The van der Waals surface area contributed by atoms with Gasteiger partial charge in [0.15, 0.2) is 5.65 Å². The van der Waals surface area contributed by atoms with Crippen LogP contribution in [0.25, 0.3) is 5.65 Å². The zero-order valence-electron chi connectivity index (χ0n) is 24.2. The molecular formula is C29H39FN6O4. The minimum Gasteiger partial charge on any atom is -0.462 e. The molecule has 40 heavy (non-hydrogen) atoms.